The number of hydrogen-bond donors (Lipinski definition) is 0. The molecule has 0 aliphatic heterocycles. The smallest absolute Gasteiger partial charge is 0.239 e. The Hall–Kier alpha value is -2.49. The van der Waals surface area contributed by atoms with Crippen LogP contribution in [-0.4, -0.2) is 15.5 Å². The molecule has 0 N–H and O–H groups in total. The molecule has 2 heterocycles. The molecule has 1 aromatic carbocycles. The van der Waals surface area contributed by atoms with Crippen LogP contribution >= 0.6 is 0 Å². The zero-order valence-electron chi connectivity index (χ0n) is 16.7. The maximum atomic E-state index is 14.2. The molecule has 0 saturated heterocycles. The molecule has 7 rings (SSSR count). The normalized spacial score (nSPS) is 30.2. The molecule has 0 atom stereocenters. The minimum absolute atomic E-state index is 0.188. The van der Waals surface area contributed by atoms with Gasteiger partial charge in [-0.3, -0.25) is 9.36 Å². The van der Waals surface area contributed by atoms with Crippen molar-refractivity contribution in [2.24, 2.45) is 23.2 Å². The highest BCUT2D eigenvalue weighted by Crippen LogP contribution is 2.61. The van der Waals surface area contributed by atoms with E-state index in [1.165, 1.54) is 31.5 Å². The molecule has 4 saturated carbocycles. The summed E-state index contributed by atoms with van der Waals surface area (Å²) in [5, 5.41) is 0.738. The Morgan fingerprint density at radius 3 is 2.31 bits per heavy atom. The third-order valence-electron chi connectivity index (χ3n) is 7.77. The zero-order chi connectivity index (χ0) is 19.8. The maximum Gasteiger partial charge on any atom is 0.239 e. The number of nitrogens with zero attached hydrogens (tertiary/aromatic N) is 2. The highest BCUT2D eigenvalue weighted by atomic mass is 19.1. The molecular weight excluding hydrogens is 363 g/mol. The van der Waals surface area contributed by atoms with Crippen LogP contribution in [0, 0.1) is 35.9 Å². The zero-order valence-corrected chi connectivity index (χ0v) is 16.7. The van der Waals surface area contributed by atoms with E-state index < -0.39 is 0 Å². The first-order valence-corrected chi connectivity index (χ1v) is 10.8. The Morgan fingerprint density at radius 1 is 1.07 bits per heavy atom. The van der Waals surface area contributed by atoms with Crippen molar-refractivity contribution < 1.29 is 9.18 Å². The largest absolute Gasteiger partial charge is 0.273 e. The second-order valence-electron chi connectivity index (χ2n) is 9.70. The number of fused-ring (bicyclic) bond motifs is 1. The summed E-state index contributed by atoms with van der Waals surface area (Å²) in [4.78, 5) is 18.6. The molecule has 4 fully saturated rings. The van der Waals surface area contributed by atoms with Crippen LogP contribution in [0.15, 0.2) is 42.6 Å². The lowest BCUT2D eigenvalue weighted by Crippen LogP contribution is -2.51. The predicted octanol–water partition coefficient (Wildman–Crippen LogP) is 6.01. The first kappa shape index (κ1) is 17.4. The number of carbonyl (C=O) groups excluding carboxylic acids is 1. The molecule has 0 spiro atoms. The molecule has 4 aliphatic carbocycles. The Balaban J connectivity index is 1.58. The molecule has 4 heteroatoms. The molecule has 0 radical (unpaired) electrons. The van der Waals surface area contributed by atoms with Gasteiger partial charge < -0.3 is 0 Å². The van der Waals surface area contributed by atoms with Gasteiger partial charge in [0, 0.05) is 5.39 Å². The highest BCUT2D eigenvalue weighted by Gasteiger charge is 2.55. The van der Waals surface area contributed by atoms with Crippen LogP contribution in [0.4, 0.5) is 4.39 Å². The Kier molecular flexibility index (Phi) is 3.60. The summed E-state index contributed by atoms with van der Waals surface area (Å²) in [6, 6.07) is 11.5. The van der Waals surface area contributed by atoms with Crippen LogP contribution in [0.1, 0.15) is 48.9 Å². The van der Waals surface area contributed by atoms with Crippen molar-refractivity contribution in [3.05, 3.63) is 54.0 Å². The molecular formula is C25H25FN2O. The summed E-state index contributed by atoms with van der Waals surface area (Å²) in [6.45, 7) is 1.98. The standard InChI is InChI=1S/C25H25FN2O/c1-15-21-10-20(26)14-27-23(21)28(22(15)19-5-3-2-4-6-19)24(29)25-11-16-7-17(12-25)9-18(8-16)13-25/h2-6,10,14,16-18H,7-9,11-13H2,1H3. The Labute approximate surface area is 169 Å². The number of pyridine rings is 1. The van der Waals surface area contributed by atoms with Gasteiger partial charge in [-0.1, -0.05) is 30.3 Å². The number of rotatable bonds is 2. The summed E-state index contributed by atoms with van der Waals surface area (Å²) < 4.78 is 15.9. The van der Waals surface area contributed by atoms with E-state index in [2.05, 4.69) is 4.98 Å². The van der Waals surface area contributed by atoms with Crippen LogP contribution in [-0.2, 0) is 0 Å². The fraction of sp³-hybridized carbons (Fsp3) is 0.440. The van der Waals surface area contributed by atoms with Gasteiger partial charge in [0.25, 0.3) is 0 Å². The van der Waals surface area contributed by atoms with E-state index in [1.54, 1.807) is 0 Å². The van der Waals surface area contributed by atoms with Crippen molar-refractivity contribution in [2.45, 2.75) is 45.4 Å². The Morgan fingerprint density at radius 2 is 1.69 bits per heavy atom. The lowest BCUT2D eigenvalue weighted by atomic mass is 9.49. The van der Waals surface area contributed by atoms with Gasteiger partial charge in [-0.15, -0.1) is 0 Å². The fourth-order valence-electron chi connectivity index (χ4n) is 7.04. The molecule has 4 aliphatic rings. The van der Waals surface area contributed by atoms with E-state index in [1.807, 2.05) is 41.8 Å². The van der Waals surface area contributed by atoms with Crippen molar-refractivity contribution in [1.29, 1.82) is 0 Å². The van der Waals surface area contributed by atoms with Crippen molar-refractivity contribution in [3.8, 4) is 11.3 Å². The van der Waals surface area contributed by atoms with E-state index in [0.29, 0.717) is 23.4 Å². The summed E-state index contributed by atoms with van der Waals surface area (Å²) >= 11 is 0. The van der Waals surface area contributed by atoms with Gasteiger partial charge in [0.05, 0.1) is 17.3 Å². The summed E-state index contributed by atoms with van der Waals surface area (Å²) in [6.07, 6.45) is 8.15. The van der Waals surface area contributed by atoms with Crippen LogP contribution in [0.2, 0.25) is 0 Å². The summed E-state index contributed by atoms with van der Waals surface area (Å²) in [5.74, 6) is 1.91. The molecule has 0 unspecified atom stereocenters. The van der Waals surface area contributed by atoms with Gasteiger partial charge in [-0.2, -0.15) is 0 Å². The van der Waals surface area contributed by atoms with Gasteiger partial charge in [-0.25, -0.2) is 9.37 Å². The average Bonchev–Trinajstić information content (AvgIpc) is 2.99. The van der Waals surface area contributed by atoms with Gasteiger partial charge >= 0.3 is 0 Å². The average molecular weight is 388 g/mol. The minimum Gasteiger partial charge on any atom is -0.273 e. The van der Waals surface area contributed by atoms with E-state index in [4.69, 9.17) is 0 Å². The monoisotopic (exact) mass is 388 g/mol. The van der Waals surface area contributed by atoms with Crippen LogP contribution in [0.5, 0.6) is 0 Å². The molecule has 2 aromatic heterocycles. The third kappa shape index (κ3) is 2.47. The van der Waals surface area contributed by atoms with Crippen LogP contribution in [0.3, 0.4) is 0 Å². The molecule has 3 nitrogen and oxygen atoms in total. The summed E-state index contributed by atoms with van der Waals surface area (Å²) in [7, 11) is 0. The molecule has 3 aromatic rings. The SMILES string of the molecule is Cc1c(-c2ccccc2)n(C(=O)C23CC4CC(CC(C4)C2)C3)c2ncc(F)cc12. The van der Waals surface area contributed by atoms with Crippen LogP contribution in [0.25, 0.3) is 22.3 Å². The molecule has 0 amide bonds. The fourth-order valence-corrected chi connectivity index (χ4v) is 7.04. The third-order valence-corrected chi connectivity index (χ3v) is 7.77. The molecule has 148 valence electrons. The number of hydrogen-bond acceptors (Lipinski definition) is 2. The second kappa shape index (κ2) is 6.01. The summed E-state index contributed by atoms with van der Waals surface area (Å²) in [5.41, 5.74) is 3.12. The van der Waals surface area contributed by atoms with Gasteiger partial charge in [-0.05, 0) is 80.4 Å². The number of benzene rings is 1. The topological polar surface area (TPSA) is 34.9 Å². The quantitative estimate of drug-likeness (QED) is 0.539. The first-order chi connectivity index (χ1) is 14.0. The van der Waals surface area contributed by atoms with E-state index >= 15 is 0 Å². The minimum atomic E-state index is -0.361. The molecule has 4 bridgehead atoms. The van der Waals surface area contributed by atoms with E-state index in [9.17, 15) is 9.18 Å². The lowest BCUT2D eigenvalue weighted by molar-refractivity contribution is -0.0397. The van der Waals surface area contributed by atoms with Crippen molar-refractivity contribution in [2.75, 3.05) is 0 Å². The highest BCUT2D eigenvalue weighted by molar-refractivity contribution is 6.01. The first-order valence-electron chi connectivity index (χ1n) is 10.8. The number of halogens is 1. The predicted molar refractivity (Wildman–Crippen MR) is 111 cm³/mol. The van der Waals surface area contributed by atoms with Crippen LogP contribution < -0.4 is 0 Å². The van der Waals surface area contributed by atoms with Gasteiger partial charge in [0.1, 0.15) is 11.5 Å². The maximum absolute atomic E-state index is 14.2. The lowest BCUT2D eigenvalue weighted by Gasteiger charge is -2.55. The van der Waals surface area contributed by atoms with E-state index in [-0.39, 0.29) is 17.1 Å². The van der Waals surface area contributed by atoms with Crippen molar-refractivity contribution >= 4 is 16.9 Å². The number of aromatic nitrogens is 2. The van der Waals surface area contributed by atoms with E-state index in [0.717, 1.165) is 41.5 Å². The van der Waals surface area contributed by atoms with Crippen molar-refractivity contribution in [3.63, 3.8) is 0 Å². The van der Waals surface area contributed by atoms with Crippen molar-refractivity contribution in [1.82, 2.24) is 9.55 Å². The number of carbonyl (C=O) groups is 1. The van der Waals surface area contributed by atoms with Gasteiger partial charge in [0.2, 0.25) is 5.91 Å². The second-order valence-corrected chi connectivity index (χ2v) is 9.70. The van der Waals surface area contributed by atoms with Gasteiger partial charge in [0.15, 0.2) is 0 Å². The number of aryl methyl sites for hydroxylation is 1. The Bertz CT molecular complexity index is 1100. The molecule has 29 heavy (non-hydrogen) atoms.